The van der Waals surface area contributed by atoms with Crippen LogP contribution in [0.4, 0.5) is 5.69 Å². The Morgan fingerprint density at radius 2 is 2.08 bits per heavy atom. The maximum Gasteiger partial charge on any atom is 0.313 e. The van der Waals surface area contributed by atoms with Gasteiger partial charge in [0.05, 0.1) is 22.2 Å². The van der Waals surface area contributed by atoms with E-state index in [1.165, 1.54) is 15.9 Å². The van der Waals surface area contributed by atoms with Crippen LogP contribution in [0.1, 0.15) is 31.7 Å². The number of fused-ring (bicyclic) bond motifs is 1. The number of amides is 2. The van der Waals surface area contributed by atoms with Crippen LogP contribution in [0.25, 0.3) is 0 Å². The SMILES string of the molecule is C=CCOC(=O)[C@H]1[C@H]2C(=O)N(CCCO)C(C(=O)N(CC=C)c3c(C)cccc3Cl)C23CC[C@]1(C)O3. The van der Waals surface area contributed by atoms with Crippen LogP contribution in [-0.2, 0) is 23.9 Å². The van der Waals surface area contributed by atoms with Gasteiger partial charge in [-0.1, -0.05) is 42.5 Å². The van der Waals surface area contributed by atoms with Crippen LogP contribution in [0.5, 0.6) is 0 Å². The molecule has 1 spiro atoms. The van der Waals surface area contributed by atoms with Gasteiger partial charge in [0.2, 0.25) is 5.91 Å². The molecule has 5 atom stereocenters. The van der Waals surface area contributed by atoms with Crippen molar-refractivity contribution in [3.05, 3.63) is 54.1 Å². The van der Waals surface area contributed by atoms with Crippen LogP contribution in [0.3, 0.4) is 0 Å². The first kappa shape index (κ1) is 26.4. The van der Waals surface area contributed by atoms with Gasteiger partial charge in [-0.25, -0.2) is 0 Å². The molecular weight excluding hydrogens is 484 g/mol. The van der Waals surface area contributed by atoms with Crippen molar-refractivity contribution in [2.75, 3.05) is 31.2 Å². The maximum absolute atomic E-state index is 14.4. The summed E-state index contributed by atoms with van der Waals surface area (Å²) < 4.78 is 11.9. The molecule has 9 heteroatoms. The van der Waals surface area contributed by atoms with E-state index in [-0.39, 0.29) is 44.5 Å². The summed E-state index contributed by atoms with van der Waals surface area (Å²) in [7, 11) is 0. The van der Waals surface area contributed by atoms with Crippen molar-refractivity contribution in [2.24, 2.45) is 11.8 Å². The lowest BCUT2D eigenvalue weighted by Gasteiger charge is -2.37. The molecule has 2 unspecified atom stereocenters. The monoisotopic (exact) mass is 516 g/mol. The lowest BCUT2D eigenvalue weighted by atomic mass is 9.66. The van der Waals surface area contributed by atoms with Crippen LogP contribution in [0.2, 0.25) is 5.02 Å². The zero-order valence-corrected chi connectivity index (χ0v) is 21.5. The highest BCUT2D eigenvalue weighted by atomic mass is 35.5. The van der Waals surface area contributed by atoms with E-state index in [9.17, 15) is 19.5 Å². The van der Waals surface area contributed by atoms with E-state index < -0.39 is 35.0 Å². The van der Waals surface area contributed by atoms with E-state index in [1.807, 2.05) is 19.9 Å². The number of halogens is 1. The molecule has 0 saturated carbocycles. The van der Waals surface area contributed by atoms with Crippen molar-refractivity contribution in [2.45, 2.75) is 50.4 Å². The number of benzene rings is 1. The van der Waals surface area contributed by atoms with Crippen molar-refractivity contribution in [1.82, 2.24) is 4.90 Å². The van der Waals surface area contributed by atoms with Gasteiger partial charge in [0.15, 0.2) is 0 Å². The van der Waals surface area contributed by atoms with Crippen molar-refractivity contribution in [3.8, 4) is 0 Å². The van der Waals surface area contributed by atoms with Crippen LogP contribution in [-0.4, -0.2) is 71.3 Å². The normalized spacial score (nSPS) is 30.3. The van der Waals surface area contributed by atoms with Gasteiger partial charge in [-0.05, 0) is 44.7 Å². The minimum atomic E-state index is -1.19. The summed E-state index contributed by atoms with van der Waals surface area (Å²) in [5.74, 6) is -2.93. The number of aliphatic hydroxyl groups excluding tert-OH is 1. The van der Waals surface area contributed by atoms with Crippen molar-refractivity contribution < 1.29 is 29.0 Å². The van der Waals surface area contributed by atoms with Gasteiger partial charge in [-0.2, -0.15) is 0 Å². The molecule has 0 aliphatic carbocycles. The molecule has 1 N–H and O–H groups in total. The average Bonchev–Trinajstić information content (AvgIpc) is 3.40. The molecule has 194 valence electrons. The Bertz CT molecular complexity index is 1070. The van der Waals surface area contributed by atoms with Gasteiger partial charge < -0.3 is 24.4 Å². The number of likely N-dealkylation sites (tertiary alicyclic amines) is 1. The summed E-state index contributed by atoms with van der Waals surface area (Å²) >= 11 is 6.54. The highest BCUT2D eigenvalue weighted by Gasteiger charge is 2.78. The van der Waals surface area contributed by atoms with Gasteiger partial charge in [0, 0.05) is 19.7 Å². The predicted molar refractivity (Wildman–Crippen MR) is 136 cm³/mol. The highest BCUT2D eigenvalue weighted by molar-refractivity contribution is 6.34. The fraction of sp³-hybridized carbons (Fsp3) is 0.519. The number of aryl methyl sites for hydroxylation is 1. The van der Waals surface area contributed by atoms with Crippen molar-refractivity contribution in [3.63, 3.8) is 0 Å². The third kappa shape index (κ3) is 3.96. The fourth-order valence-electron chi connectivity index (χ4n) is 6.31. The number of hydrogen-bond acceptors (Lipinski definition) is 6. The minimum Gasteiger partial charge on any atom is -0.461 e. The zero-order valence-electron chi connectivity index (χ0n) is 20.7. The first-order valence-corrected chi connectivity index (χ1v) is 12.6. The van der Waals surface area contributed by atoms with Crippen molar-refractivity contribution >= 4 is 35.1 Å². The number of aliphatic hydroxyl groups is 1. The van der Waals surface area contributed by atoms with E-state index in [2.05, 4.69) is 13.2 Å². The van der Waals surface area contributed by atoms with Gasteiger partial charge in [0.25, 0.3) is 5.91 Å². The molecule has 0 radical (unpaired) electrons. The summed E-state index contributed by atoms with van der Waals surface area (Å²) in [5.41, 5.74) is -0.777. The minimum absolute atomic E-state index is 0.0226. The first-order chi connectivity index (χ1) is 17.2. The maximum atomic E-state index is 14.4. The molecule has 0 aromatic heterocycles. The number of nitrogens with zero attached hydrogens (tertiary/aromatic N) is 2. The molecule has 4 rings (SSSR count). The molecule has 8 nitrogen and oxygen atoms in total. The Morgan fingerprint density at radius 1 is 1.33 bits per heavy atom. The second-order valence-electron chi connectivity index (χ2n) is 9.90. The average molecular weight is 517 g/mol. The van der Waals surface area contributed by atoms with Crippen LogP contribution < -0.4 is 4.90 Å². The number of rotatable bonds is 10. The summed E-state index contributed by atoms with van der Waals surface area (Å²) in [4.78, 5) is 44.4. The van der Waals surface area contributed by atoms with Crippen LogP contribution >= 0.6 is 11.6 Å². The number of esters is 1. The Morgan fingerprint density at radius 3 is 2.72 bits per heavy atom. The van der Waals surface area contributed by atoms with E-state index in [4.69, 9.17) is 21.1 Å². The lowest BCUT2D eigenvalue weighted by molar-refractivity contribution is -0.158. The topological polar surface area (TPSA) is 96.4 Å². The Balaban J connectivity index is 1.81. The zero-order chi connectivity index (χ0) is 26.3. The largest absolute Gasteiger partial charge is 0.461 e. The number of ether oxygens (including phenoxy) is 2. The quantitative estimate of drug-likeness (QED) is 0.379. The first-order valence-electron chi connectivity index (χ1n) is 12.2. The Hall–Kier alpha value is -2.68. The number of carbonyl (C=O) groups is 3. The standard InChI is InChI=1S/C27H33ClN2O6/c1-5-13-29(21-17(3)9-7-10-18(21)28)24(33)22-27-12-11-26(4,36-27)20(25(34)35-16-6-2)19(27)23(32)30(22)14-8-15-31/h5-7,9-10,19-20,22,31H,1-2,8,11-16H2,3-4H3/t19-,20+,22?,26-,27?/m0/s1. The third-order valence-corrected chi connectivity index (χ3v) is 8.01. The van der Waals surface area contributed by atoms with Crippen LogP contribution in [0.15, 0.2) is 43.5 Å². The number of carbonyl (C=O) groups excluding carboxylic acids is 3. The van der Waals surface area contributed by atoms with Crippen molar-refractivity contribution in [1.29, 1.82) is 0 Å². The van der Waals surface area contributed by atoms with Gasteiger partial charge in [0.1, 0.15) is 24.2 Å². The summed E-state index contributed by atoms with van der Waals surface area (Å²) in [6.45, 7) is 11.3. The van der Waals surface area contributed by atoms with Gasteiger partial charge >= 0.3 is 5.97 Å². The smallest absolute Gasteiger partial charge is 0.313 e. The molecule has 1 aromatic rings. The summed E-state index contributed by atoms with van der Waals surface area (Å²) in [6.07, 6.45) is 4.32. The molecule has 3 aliphatic heterocycles. The molecular formula is C27H33ClN2O6. The summed E-state index contributed by atoms with van der Waals surface area (Å²) in [5, 5.41) is 9.92. The lowest BCUT2D eigenvalue weighted by Crippen LogP contribution is -2.56. The molecule has 36 heavy (non-hydrogen) atoms. The fourth-order valence-corrected chi connectivity index (χ4v) is 6.63. The molecule has 2 amide bonds. The molecule has 1 aromatic carbocycles. The molecule has 3 saturated heterocycles. The molecule has 3 heterocycles. The number of anilines is 1. The van der Waals surface area contributed by atoms with E-state index in [0.717, 1.165) is 5.56 Å². The second-order valence-corrected chi connectivity index (χ2v) is 10.3. The number of hydrogen-bond donors (Lipinski definition) is 1. The van der Waals surface area contributed by atoms with E-state index >= 15 is 0 Å². The number of para-hydroxylation sites is 1. The second kappa shape index (κ2) is 10.00. The van der Waals surface area contributed by atoms with E-state index in [1.54, 1.807) is 18.2 Å². The Kier molecular flexibility index (Phi) is 7.33. The predicted octanol–water partition coefficient (Wildman–Crippen LogP) is 3.04. The van der Waals surface area contributed by atoms with Gasteiger partial charge in [-0.15, -0.1) is 6.58 Å². The molecule has 2 bridgehead atoms. The van der Waals surface area contributed by atoms with Crippen LogP contribution in [0, 0.1) is 18.8 Å². The van der Waals surface area contributed by atoms with E-state index in [0.29, 0.717) is 23.6 Å². The highest BCUT2D eigenvalue weighted by Crippen LogP contribution is 2.63. The summed E-state index contributed by atoms with van der Waals surface area (Å²) in [6, 6.07) is 4.39. The molecule has 3 fully saturated rings. The third-order valence-electron chi connectivity index (χ3n) is 7.70. The van der Waals surface area contributed by atoms with Gasteiger partial charge in [-0.3, -0.25) is 14.4 Å². The Labute approximate surface area is 216 Å². The molecule has 3 aliphatic rings.